The van der Waals surface area contributed by atoms with E-state index in [9.17, 15) is 0 Å². The zero-order valence-electron chi connectivity index (χ0n) is 30.7. The number of anilines is 3. The van der Waals surface area contributed by atoms with E-state index in [4.69, 9.17) is 0 Å². The summed E-state index contributed by atoms with van der Waals surface area (Å²) >= 11 is 0. The average molecular weight is 680 g/mol. The highest BCUT2D eigenvalue weighted by Crippen LogP contribution is 2.54. The predicted octanol–water partition coefficient (Wildman–Crippen LogP) is 14.3. The molecule has 0 saturated heterocycles. The monoisotopic (exact) mass is 679 g/mol. The normalized spacial score (nSPS) is 14.3. The first-order valence-corrected chi connectivity index (χ1v) is 18.8. The van der Waals surface area contributed by atoms with Crippen molar-refractivity contribution < 1.29 is 0 Å². The van der Waals surface area contributed by atoms with Gasteiger partial charge in [-0.3, -0.25) is 0 Å². The summed E-state index contributed by atoms with van der Waals surface area (Å²) in [5.41, 5.74) is 18.9. The fourth-order valence-electron chi connectivity index (χ4n) is 9.32. The second-order valence-electron chi connectivity index (χ2n) is 15.8. The zero-order chi connectivity index (χ0) is 35.9. The molecule has 0 amide bonds. The van der Waals surface area contributed by atoms with Crippen LogP contribution in [0.15, 0.2) is 176 Å². The molecule has 0 unspecified atom stereocenters. The van der Waals surface area contributed by atoms with Gasteiger partial charge in [-0.2, -0.15) is 0 Å². The van der Waals surface area contributed by atoms with Gasteiger partial charge < -0.3 is 4.90 Å². The standard InChI is InChI=1S/C52H41N/c1-51(2)45-23-12-11-22-42(45)43-29-26-39(32-47(43)51)53(38-21-13-20-37(31-38)34-15-7-5-8-16-34)40-27-30-44-48(33-40)52(3,4)46-24-14-19-36-25-28-41(50(44)49(36)46)35-17-9-6-10-18-35/h5-33H,1-4H3. The molecule has 2 aliphatic rings. The lowest BCUT2D eigenvalue weighted by Gasteiger charge is -2.37. The van der Waals surface area contributed by atoms with Crippen molar-refractivity contribution in [3.05, 3.63) is 198 Å². The van der Waals surface area contributed by atoms with Crippen molar-refractivity contribution in [1.29, 1.82) is 0 Å². The van der Waals surface area contributed by atoms with Gasteiger partial charge in [0.15, 0.2) is 0 Å². The third kappa shape index (κ3) is 4.77. The zero-order valence-corrected chi connectivity index (χ0v) is 30.7. The van der Waals surface area contributed by atoms with Gasteiger partial charge in [-0.1, -0.05) is 167 Å². The Morgan fingerprint density at radius 3 is 1.62 bits per heavy atom. The summed E-state index contributed by atoms with van der Waals surface area (Å²) in [6.07, 6.45) is 0. The second kappa shape index (κ2) is 11.7. The summed E-state index contributed by atoms with van der Waals surface area (Å²) in [4.78, 5) is 2.47. The van der Waals surface area contributed by atoms with Crippen LogP contribution in [0.25, 0.3) is 55.3 Å². The molecule has 53 heavy (non-hydrogen) atoms. The van der Waals surface area contributed by atoms with Crippen molar-refractivity contribution in [2.75, 3.05) is 4.90 Å². The van der Waals surface area contributed by atoms with Crippen LogP contribution in [0, 0.1) is 0 Å². The van der Waals surface area contributed by atoms with Crippen molar-refractivity contribution in [2.24, 2.45) is 0 Å². The lowest BCUT2D eigenvalue weighted by atomic mass is 9.67. The van der Waals surface area contributed by atoms with E-state index in [1.54, 1.807) is 0 Å². The van der Waals surface area contributed by atoms with Crippen LogP contribution in [0.5, 0.6) is 0 Å². The maximum Gasteiger partial charge on any atom is 0.0467 e. The Bertz CT molecular complexity index is 2720. The maximum atomic E-state index is 2.47. The quantitative estimate of drug-likeness (QED) is 0.175. The van der Waals surface area contributed by atoms with Gasteiger partial charge in [-0.05, 0) is 114 Å². The van der Waals surface area contributed by atoms with Gasteiger partial charge in [0.05, 0.1) is 0 Å². The molecule has 0 atom stereocenters. The second-order valence-corrected chi connectivity index (χ2v) is 15.8. The Kier molecular flexibility index (Phi) is 6.94. The van der Waals surface area contributed by atoms with Crippen molar-refractivity contribution >= 4 is 27.8 Å². The number of nitrogens with zero attached hydrogens (tertiary/aromatic N) is 1. The van der Waals surface area contributed by atoms with Gasteiger partial charge in [0.2, 0.25) is 0 Å². The van der Waals surface area contributed by atoms with E-state index in [1.165, 1.54) is 77.5 Å². The number of benzene rings is 8. The summed E-state index contributed by atoms with van der Waals surface area (Å²) in [6, 6.07) is 65.3. The molecule has 10 rings (SSSR count). The van der Waals surface area contributed by atoms with Crippen molar-refractivity contribution in [1.82, 2.24) is 0 Å². The van der Waals surface area contributed by atoms with E-state index in [1.807, 2.05) is 0 Å². The van der Waals surface area contributed by atoms with Crippen LogP contribution in [-0.2, 0) is 10.8 Å². The molecule has 0 N–H and O–H groups in total. The van der Waals surface area contributed by atoms with E-state index in [0.717, 1.165) is 17.1 Å². The Morgan fingerprint density at radius 2 is 0.868 bits per heavy atom. The molecular formula is C52H41N. The topological polar surface area (TPSA) is 3.24 Å². The number of hydrogen-bond acceptors (Lipinski definition) is 1. The van der Waals surface area contributed by atoms with Crippen LogP contribution >= 0.6 is 0 Å². The van der Waals surface area contributed by atoms with Gasteiger partial charge >= 0.3 is 0 Å². The molecule has 1 heteroatoms. The molecule has 0 saturated carbocycles. The Hall–Kier alpha value is -6.18. The number of fused-ring (bicyclic) bond motifs is 5. The van der Waals surface area contributed by atoms with Crippen LogP contribution in [0.3, 0.4) is 0 Å². The number of hydrogen-bond donors (Lipinski definition) is 0. The average Bonchev–Trinajstić information content (AvgIpc) is 3.43. The van der Waals surface area contributed by atoms with E-state index in [-0.39, 0.29) is 10.8 Å². The highest BCUT2D eigenvalue weighted by molar-refractivity contribution is 6.09. The first-order chi connectivity index (χ1) is 25.8. The molecule has 8 aromatic rings. The fourth-order valence-corrected chi connectivity index (χ4v) is 9.32. The minimum absolute atomic E-state index is 0.104. The molecule has 2 aliphatic carbocycles. The molecule has 0 bridgehead atoms. The molecule has 1 nitrogen and oxygen atoms in total. The van der Waals surface area contributed by atoms with Crippen molar-refractivity contribution in [2.45, 2.75) is 38.5 Å². The van der Waals surface area contributed by atoms with Gasteiger partial charge in [-0.25, -0.2) is 0 Å². The van der Waals surface area contributed by atoms with Crippen LogP contribution in [0.2, 0.25) is 0 Å². The molecule has 0 fully saturated rings. The van der Waals surface area contributed by atoms with Gasteiger partial charge in [-0.15, -0.1) is 0 Å². The lowest BCUT2D eigenvalue weighted by Crippen LogP contribution is -2.24. The van der Waals surface area contributed by atoms with Crippen LogP contribution in [0.1, 0.15) is 49.9 Å². The largest absolute Gasteiger partial charge is 0.310 e. The van der Waals surface area contributed by atoms with Crippen molar-refractivity contribution in [3.63, 3.8) is 0 Å². The molecule has 0 radical (unpaired) electrons. The Balaban J connectivity index is 1.21. The predicted molar refractivity (Wildman–Crippen MR) is 225 cm³/mol. The van der Waals surface area contributed by atoms with E-state index in [0.29, 0.717) is 0 Å². The minimum atomic E-state index is -0.216. The lowest BCUT2D eigenvalue weighted by molar-refractivity contribution is 0.645. The molecule has 254 valence electrons. The smallest absolute Gasteiger partial charge is 0.0467 e. The summed E-state index contributed by atoms with van der Waals surface area (Å²) in [5.74, 6) is 0. The number of rotatable bonds is 5. The van der Waals surface area contributed by atoms with Gasteiger partial charge in [0, 0.05) is 27.9 Å². The van der Waals surface area contributed by atoms with Crippen LogP contribution < -0.4 is 4.90 Å². The molecule has 0 aliphatic heterocycles. The summed E-state index contributed by atoms with van der Waals surface area (Å²) in [7, 11) is 0. The summed E-state index contributed by atoms with van der Waals surface area (Å²) in [5, 5.41) is 2.66. The maximum absolute atomic E-state index is 2.47. The highest BCUT2D eigenvalue weighted by atomic mass is 15.1. The highest BCUT2D eigenvalue weighted by Gasteiger charge is 2.37. The van der Waals surface area contributed by atoms with Gasteiger partial charge in [0.25, 0.3) is 0 Å². The SMILES string of the molecule is CC1(C)c2ccccc2-c2ccc(N(c3cccc(-c4ccccc4)c3)c3ccc4c(c3)C(C)(C)c3cccc5ccc(-c6ccccc6)c-4c35)cc21. The fraction of sp³-hybridized carbons (Fsp3) is 0.115. The summed E-state index contributed by atoms with van der Waals surface area (Å²) < 4.78 is 0. The van der Waals surface area contributed by atoms with E-state index < -0.39 is 0 Å². The third-order valence-corrected chi connectivity index (χ3v) is 12.0. The molecular weight excluding hydrogens is 639 g/mol. The molecule has 0 heterocycles. The summed E-state index contributed by atoms with van der Waals surface area (Å²) in [6.45, 7) is 9.53. The third-order valence-electron chi connectivity index (χ3n) is 12.0. The first kappa shape index (κ1) is 31.5. The molecule has 0 spiro atoms. The Morgan fingerprint density at radius 1 is 0.340 bits per heavy atom. The Labute approximate surface area is 312 Å². The molecule has 0 aromatic heterocycles. The van der Waals surface area contributed by atoms with E-state index in [2.05, 4.69) is 209 Å². The molecule has 8 aromatic carbocycles. The minimum Gasteiger partial charge on any atom is -0.310 e. The van der Waals surface area contributed by atoms with E-state index >= 15 is 0 Å². The first-order valence-electron chi connectivity index (χ1n) is 18.8. The van der Waals surface area contributed by atoms with Crippen molar-refractivity contribution in [3.8, 4) is 44.5 Å². The van der Waals surface area contributed by atoms with Crippen LogP contribution in [-0.4, -0.2) is 0 Å². The van der Waals surface area contributed by atoms with Crippen LogP contribution in [0.4, 0.5) is 17.1 Å². The van der Waals surface area contributed by atoms with Gasteiger partial charge in [0.1, 0.15) is 0 Å².